The van der Waals surface area contributed by atoms with Gasteiger partial charge < -0.3 is 20.0 Å². The summed E-state index contributed by atoms with van der Waals surface area (Å²) >= 11 is 11.4. The summed E-state index contributed by atoms with van der Waals surface area (Å²) in [4.78, 5) is 39.9. The van der Waals surface area contributed by atoms with Crippen molar-refractivity contribution in [2.75, 3.05) is 18.4 Å². The van der Waals surface area contributed by atoms with E-state index >= 15 is 0 Å². The molecule has 1 fully saturated rings. The molecule has 1 atom stereocenters. The number of amides is 3. The Hall–Kier alpha value is -2.91. The molecule has 0 spiro atoms. The van der Waals surface area contributed by atoms with Crippen molar-refractivity contribution in [2.45, 2.75) is 25.9 Å². The van der Waals surface area contributed by atoms with Crippen LogP contribution in [0, 0.1) is 0 Å². The van der Waals surface area contributed by atoms with Gasteiger partial charge in [0.2, 0.25) is 11.8 Å². The lowest BCUT2D eigenvalue weighted by molar-refractivity contribution is -0.131. The first kappa shape index (κ1) is 21.8. The van der Waals surface area contributed by atoms with Crippen LogP contribution < -0.4 is 10.6 Å². The van der Waals surface area contributed by atoms with Crippen LogP contribution in [0.15, 0.2) is 47.1 Å². The third-order valence-corrected chi connectivity index (χ3v) is 5.24. The number of nitrogens with zero attached hydrogens (tertiary/aromatic N) is 2. The quantitative estimate of drug-likeness (QED) is 0.602. The zero-order valence-electron chi connectivity index (χ0n) is 16.3. The molecule has 2 heterocycles. The third-order valence-electron chi connectivity index (χ3n) is 4.53. The van der Waals surface area contributed by atoms with Gasteiger partial charge in [-0.1, -0.05) is 11.6 Å². The molecule has 2 aromatic rings. The van der Waals surface area contributed by atoms with Gasteiger partial charge in [0.15, 0.2) is 5.11 Å². The molecule has 1 aromatic heterocycles. The highest BCUT2D eigenvalue weighted by atomic mass is 35.5. The second kappa shape index (κ2) is 9.73. The average Bonchev–Trinajstić information content (AvgIpc) is 3.28. The summed E-state index contributed by atoms with van der Waals surface area (Å²) in [7, 11) is 0. The van der Waals surface area contributed by atoms with Gasteiger partial charge in [0, 0.05) is 30.7 Å². The number of thiocarbonyl (C=S) groups is 1. The molecule has 158 valence electrons. The fraction of sp³-hybridized carbons (Fsp3) is 0.300. The predicted molar refractivity (Wildman–Crippen MR) is 116 cm³/mol. The smallest absolute Gasteiger partial charge is 0.252 e. The van der Waals surface area contributed by atoms with Crippen molar-refractivity contribution < 1.29 is 18.8 Å². The highest BCUT2D eigenvalue weighted by Crippen LogP contribution is 2.23. The van der Waals surface area contributed by atoms with E-state index in [1.807, 2.05) is 0 Å². The minimum Gasteiger partial charge on any atom is -0.467 e. The zero-order valence-corrected chi connectivity index (χ0v) is 17.8. The molecule has 0 aliphatic carbocycles. The van der Waals surface area contributed by atoms with Crippen molar-refractivity contribution in [1.82, 2.24) is 15.1 Å². The molecule has 1 aliphatic rings. The molecule has 3 amide bonds. The summed E-state index contributed by atoms with van der Waals surface area (Å²) in [6, 6.07) is 9.39. The lowest BCUT2D eigenvalue weighted by Gasteiger charge is -2.23. The number of halogens is 1. The van der Waals surface area contributed by atoms with Crippen molar-refractivity contribution in [3.63, 3.8) is 0 Å². The van der Waals surface area contributed by atoms with Gasteiger partial charge >= 0.3 is 0 Å². The fourth-order valence-electron chi connectivity index (χ4n) is 3.12. The minimum atomic E-state index is -0.770. The van der Waals surface area contributed by atoms with E-state index in [4.69, 9.17) is 28.2 Å². The van der Waals surface area contributed by atoms with E-state index in [9.17, 15) is 14.4 Å². The van der Waals surface area contributed by atoms with Crippen LogP contribution >= 0.6 is 23.8 Å². The van der Waals surface area contributed by atoms with Crippen molar-refractivity contribution in [3.8, 4) is 0 Å². The van der Waals surface area contributed by atoms with Gasteiger partial charge in [-0.05, 0) is 48.6 Å². The molecule has 0 saturated carbocycles. The Morgan fingerprint density at radius 1 is 1.23 bits per heavy atom. The summed E-state index contributed by atoms with van der Waals surface area (Å²) in [5, 5.41) is 6.30. The van der Waals surface area contributed by atoms with Gasteiger partial charge in [-0.15, -0.1) is 0 Å². The Labute approximate surface area is 184 Å². The highest BCUT2D eigenvalue weighted by molar-refractivity contribution is 7.80. The van der Waals surface area contributed by atoms with Gasteiger partial charge in [0.05, 0.1) is 19.2 Å². The number of furan rings is 1. The van der Waals surface area contributed by atoms with Gasteiger partial charge in [-0.2, -0.15) is 0 Å². The molecule has 1 aromatic carbocycles. The predicted octanol–water partition coefficient (Wildman–Crippen LogP) is 2.40. The first-order valence-corrected chi connectivity index (χ1v) is 10.1. The fourth-order valence-corrected chi connectivity index (χ4v) is 3.62. The number of carbonyl (C=O) groups is 3. The van der Waals surface area contributed by atoms with Crippen molar-refractivity contribution in [1.29, 1.82) is 0 Å². The standard InChI is InChI=1S/C20H21ClN4O4S/c1-13(26)22-8-9-24-17(11-18(27)23-15-6-4-14(21)5-7-15)19(28)25(20(24)30)12-16-3-2-10-29-16/h2-7,10,17H,8-9,11-12H2,1H3,(H,22,26)(H,23,27). The number of benzene rings is 1. The summed E-state index contributed by atoms with van der Waals surface area (Å²) in [5.74, 6) is -0.219. The van der Waals surface area contributed by atoms with Crippen LogP contribution in [0.2, 0.25) is 5.02 Å². The lowest BCUT2D eigenvalue weighted by atomic mass is 10.1. The van der Waals surface area contributed by atoms with Crippen LogP contribution in [0.25, 0.3) is 0 Å². The molecule has 0 radical (unpaired) electrons. The second-order valence-electron chi connectivity index (χ2n) is 6.74. The Bertz CT molecular complexity index is 933. The van der Waals surface area contributed by atoms with E-state index in [2.05, 4.69) is 10.6 Å². The van der Waals surface area contributed by atoms with Crippen LogP contribution in [-0.4, -0.2) is 51.8 Å². The average molecular weight is 449 g/mol. The van der Waals surface area contributed by atoms with Crippen LogP contribution in [0.4, 0.5) is 5.69 Å². The monoisotopic (exact) mass is 448 g/mol. The SMILES string of the molecule is CC(=O)NCCN1C(=S)N(Cc2ccco2)C(=O)C1CC(=O)Nc1ccc(Cl)cc1. The van der Waals surface area contributed by atoms with Gasteiger partial charge in [-0.25, -0.2) is 0 Å². The molecule has 1 unspecified atom stereocenters. The Morgan fingerprint density at radius 3 is 2.60 bits per heavy atom. The van der Waals surface area contributed by atoms with Crippen molar-refractivity contribution in [2.24, 2.45) is 0 Å². The van der Waals surface area contributed by atoms with E-state index < -0.39 is 6.04 Å². The number of hydrogen-bond donors (Lipinski definition) is 2. The van der Waals surface area contributed by atoms with Crippen LogP contribution in [0.1, 0.15) is 19.1 Å². The van der Waals surface area contributed by atoms with Crippen LogP contribution in [-0.2, 0) is 20.9 Å². The summed E-state index contributed by atoms with van der Waals surface area (Å²) in [6.07, 6.45) is 1.43. The molecular formula is C20H21ClN4O4S. The first-order valence-electron chi connectivity index (χ1n) is 9.29. The number of hydrogen-bond acceptors (Lipinski definition) is 5. The Kier molecular flexibility index (Phi) is 7.07. The largest absolute Gasteiger partial charge is 0.467 e. The molecule has 8 nitrogen and oxygen atoms in total. The normalized spacial score (nSPS) is 16.1. The molecule has 1 saturated heterocycles. The zero-order chi connectivity index (χ0) is 21.7. The second-order valence-corrected chi connectivity index (χ2v) is 7.54. The van der Waals surface area contributed by atoms with Gasteiger partial charge in [0.1, 0.15) is 11.8 Å². The van der Waals surface area contributed by atoms with E-state index in [1.165, 1.54) is 18.1 Å². The Balaban J connectivity index is 1.72. The van der Waals surface area contributed by atoms with Crippen LogP contribution in [0.3, 0.4) is 0 Å². The molecular weight excluding hydrogens is 428 g/mol. The summed E-state index contributed by atoms with van der Waals surface area (Å²) in [6.45, 7) is 2.19. The molecule has 10 heteroatoms. The maximum atomic E-state index is 13.1. The van der Waals surface area contributed by atoms with E-state index in [0.717, 1.165) is 0 Å². The minimum absolute atomic E-state index is 0.0870. The molecule has 1 aliphatic heterocycles. The third kappa shape index (κ3) is 5.37. The number of nitrogens with one attached hydrogen (secondary N) is 2. The molecule has 3 rings (SSSR count). The van der Waals surface area contributed by atoms with E-state index in [-0.39, 0.29) is 30.7 Å². The maximum Gasteiger partial charge on any atom is 0.252 e. The Morgan fingerprint density at radius 2 is 1.97 bits per heavy atom. The van der Waals surface area contributed by atoms with Crippen molar-refractivity contribution in [3.05, 3.63) is 53.4 Å². The summed E-state index contributed by atoms with van der Waals surface area (Å²) < 4.78 is 5.33. The number of anilines is 1. The molecule has 30 heavy (non-hydrogen) atoms. The first-order chi connectivity index (χ1) is 14.3. The van der Waals surface area contributed by atoms with E-state index in [1.54, 1.807) is 41.3 Å². The molecule has 0 bridgehead atoms. The van der Waals surface area contributed by atoms with Crippen LogP contribution in [0.5, 0.6) is 0 Å². The topological polar surface area (TPSA) is 94.9 Å². The number of rotatable bonds is 8. The van der Waals surface area contributed by atoms with Crippen molar-refractivity contribution >= 4 is 52.3 Å². The highest BCUT2D eigenvalue weighted by Gasteiger charge is 2.43. The van der Waals surface area contributed by atoms with Gasteiger partial charge in [-0.3, -0.25) is 19.3 Å². The summed E-state index contributed by atoms with van der Waals surface area (Å²) in [5.41, 5.74) is 0.578. The number of carbonyl (C=O) groups excluding carboxylic acids is 3. The molecule has 2 N–H and O–H groups in total. The van der Waals surface area contributed by atoms with E-state index in [0.29, 0.717) is 34.7 Å². The maximum absolute atomic E-state index is 13.1. The lowest BCUT2D eigenvalue weighted by Crippen LogP contribution is -2.42. The van der Waals surface area contributed by atoms with Gasteiger partial charge in [0.25, 0.3) is 5.91 Å².